The number of carbonyl (C=O) groups is 1. The van der Waals surface area contributed by atoms with E-state index in [1.807, 2.05) is 19.0 Å². The lowest BCUT2D eigenvalue weighted by atomic mass is 10.2. The Balaban J connectivity index is 2.93. The molecule has 1 aromatic rings. The Kier molecular flexibility index (Phi) is 4.86. The fraction of sp³-hybridized carbons (Fsp3) is 0.455. The van der Waals surface area contributed by atoms with Crippen molar-refractivity contribution in [2.75, 3.05) is 28.3 Å². The van der Waals surface area contributed by atoms with Crippen molar-refractivity contribution < 1.29 is 9.63 Å². The molecule has 94 valence electrons. The Hall–Kier alpha value is -1.17. The van der Waals surface area contributed by atoms with Crippen LogP contribution in [0, 0.1) is 0 Å². The molecule has 0 unspecified atom stereocenters. The largest absolute Gasteiger partial charge is 0.305 e. The molecule has 0 bridgehead atoms. The SMILES string of the molecule is CON(C)C(=O)c1ncc(CN(C)C)cc1Cl. The van der Waals surface area contributed by atoms with Gasteiger partial charge in [-0.2, -0.15) is 0 Å². The molecular weight excluding hydrogens is 242 g/mol. The molecule has 0 saturated heterocycles. The summed E-state index contributed by atoms with van der Waals surface area (Å²) < 4.78 is 0. The smallest absolute Gasteiger partial charge is 0.297 e. The number of carbonyl (C=O) groups excluding carboxylic acids is 1. The predicted molar refractivity (Wildman–Crippen MR) is 65.7 cm³/mol. The summed E-state index contributed by atoms with van der Waals surface area (Å²) in [7, 11) is 6.82. The van der Waals surface area contributed by atoms with Gasteiger partial charge in [0.05, 0.1) is 12.1 Å². The van der Waals surface area contributed by atoms with Gasteiger partial charge < -0.3 is 4.90 Å². The lowest BCUT2D eigenvalue weighted by Gasteiger charge is -2.15. The van der Waals surface area contributed by atoms with E-state index in [1.54, 1.807) is 12.3 Å². The zero-order chi connectivity index (χ0) is 13.0. The first-order valence-electron chi connectivity index (χ1n) is 5.07. The van der Waals surface area contributed by atoms with Crippen LogP contribution in [0.4, 0.5) is 0 Å². The molecule has 0 aromatic carbocycles. The first kappa shape index (κ1) is 13.9. The second kappa shape index (κ2) is 5.95. The standard InChI is InChI=1S/C11H16ClN3O2/c1-14(2)7-8-5-9(12)10(13-6-8)11(16)15(3)17-4/h5-6H,7H2,1-4H3. The monoisotopic (exact) mass is 257 g/mol. The van der Waals surface area contributed by atoms with Crippen LogP contribution in [0.15, 0.2) is 12.3 Å². The third-order valence-electron chi connectivity index (χ3n) is 2.16. The molecule has 1 rings (SSSR count). The molecule has 0 aliphatic rings. The third kappa shape index (κ3) is 3.66. The summed E-state index contributed by atoms with van der Waals surface area (Å²) in [6.45, 7) is 0.724. The van der Waals surface area contributed by atoms with Crippen molar-refractivity contribution in [2.24, 2.45) is 0 Å². The summed E-state index contributed by atoms with van der Waals surface area (Å²) in [6.07, 6.45) is 1.64. The summed E-state index contributed by atoms with van der Waals surface area (Å²) >= 11 is 6.02. The highest BCUT2D eigenvalue weighted by molar-refractivity contribution is 6.33. The van der Waals surface area contributed by atoms with Crippen LogP contribution in [-0.4, -0.2) is 49.1 Å². The van der Waals surface area contributed by atoms with Crippen LogP contribution in [0.2, 0.25) is 5.02 Å². The number of nitrogens with zero attached hydrogens (tertiary/aromatic N) is 3. The number of halogens is 1. The van der Waals surface area contributed by atoms with Crippen LogP contribution in [0.1, 0.15) is 16.1 Å². The number of hydrogen-bond donors (Lipinski definition) is 0. The van der Waals surface area contributed by atoms with Crippen LogP contribution >= 0.6 is 11.6 Å². The van der Waals surface area contributed by atoms with E-state index < -0.39 is 0 Å². The highest BCUT2D eigenvalue weighted by Crippen LogP contribution is 2.17. The topological polar surface area (TPSA) is 45.7 Å². The van der Waals surface area contributed by atoms with E-state index in [1.165, 1.54) is 14.2 Å². The van der Waals surface area contributed by atoms with E-state index >= 15 is 0 Å². The first-order valence-corrected chi connectivity index (χ1v) is 5.44. The number of amides is 1. The molecule has 0 atom stereocenters. The van der Waals surface area contributed by atoms with Gasteiger partial charge >= 0.3 is 0 Å². The van der Waals surface area contributed by atoms with E-state index in [0.29, 0.717) is 5.02 Å². The highest BCUT2D eigenvalue weighted by Gasteiger charge is 2.17. The Labute approximate surface area is 106 Å². The van der Waals surface area contributed by atoms with Gasteiger partial charge in [-0.25, -0.2) is 10.0 Å². The average Bonchev–Trinajstić information content (AvgIpc) is 2.26. The van der Waals surface area contributed by atoms with Gasteiger partial charge in [0.25, 0.3) is 5.91 Å². The van der Waals surface area contributed by atoms with Crippen molar-refractivity contribution in [3.8, 4) is 0 Å². The van der Waals surface area contributed by atoms with E-state index in [9.17, 15) is 4.79 Å². The van der Waals surface area contributed by atoms with Crippen LogP contribution in [0.25, 0.3) is 0 Å². The molecule has 6 heteroatoms. The highest BCUT2D eigenvalue weighted by atomic mass is 35.5. The molecule has 0 fully saturated rings. The second-order valence-electron chi connectivity index (χ2n) is 3.90. The average molecular weight is 258 g/mol. The quantitative estimate of drug-likeness (QED) is 0.766. The molecule has 0 radical (unpaired) electrons. The molecule has 0 aliphatic heterocycles. The Morgan fingerprint density at radius 2 is 2.12 bits per heavy atom. The van der Waals surface area contributed by atoms with Crippen LogP contribution in [0.3, 0.4) is 0 Å². The zero-order valence-electron chi connectivity index (χ0n) is 10.4. The van der Waals surface area contributed by atoms with Crippen LogP contribution in [0.5, 0.6) is 0 Å². The number of rotatable bonds is 4. The van der Waals surface area contributed by atoms with Crippen molar-refractivity contribution in [3.63, 3.8) is 0 Å². The molecule has 1 aromatic heterocycles. The Morgan fingerprint density at radius 3 is 2.59 bits per heavy atom. The molecule has 0 spiro atoms. The molecule has 0 saturated carbocycles. The molecule has 1 heterocycles. The Bertz CT molecular complexity index is 410. The number of pyridine rings is 1. The van der Waals surface area contributed by atoms with Crippen molar-refractivity contribution in [2.45, 2.75) is 6.54 Å². The number of hydroxylamine groups is 2. The number of hydrogen-bond acceptors (Lipinski definition) is 4. The van der Waals surface area contributed by atoms with E-state index in [-0.39, 0.29) is 11.6 Å². The normalized spacial score (nSPS) is 10.7. The number of aromatic nitrogens is 1. The maximum absolute atomic E-state index is 11.8. The first-order chi connectivity index (χ1) is 7.95. The fourth-order valence-electron chi connectivity index (χ4n) is 1.32. The molecule has 17 heavy (non-hydrogen) atoms. The second-order valence-corrected chi connectivity index (χ2v) is 4.30. The summed E-state index contributed by atoms with van der Waals surface area (Å²) in [5, 5.41) is 1.41. The van der Waals surface area contributed by atoms with E-state index in [2.05, 4.69) is 4.98 Å². The van der Waals surface area contributed by atoms with Crippen molar-refractivity contribution in [1.82, 2.24) is 14.9 Å². The molecule has 0 aliphatic carbocycles. The van der Waals surface area contributed by atoms with Crippen LogP contribution < -0.4 is 0 Å². The minimum Gasteiger partial charge on any atom is -0.305 e. The minimum atomic E-state index is -0.367. The predicted octanol–water partition coefficient (Wildman–Crippen LogP) is 1.43. The van der Waals surface area contributed by atoms with Crippen molar-refractivity contribution >= 4 is 17.5 Å². The van der Waals surface area contributed by atoms with Gasteiger partial charge in [0.2, 0.25) is 0 Å². The van der Waals surface area contributed by atoms with Crippen molar-refractivity contribution in [1.29, 1.82) is 0 Å². The van der Waals surface area contributed by atoms with Crippen LogP contribution in [-0.2, 0) is 11.4 Å². The lowest BCUT2D eigenvalue weighted by Crippen LogP contribution is -2.26. The van der Waals surface area contributed by atoms with Gasteiger partial charge in [-0.1, -0.05) is 11.6 Å². The van der Waals surface area contributed by atoms with Gasteiger partial charge in [-0.05, 0) is 25.7 Å². The molecular formula is C11H16ClN3O2. The van der Waals surface area contributed by atoms with E-state index in [0.717, 1.165) is 17.2 Å². The summed E-state index contributed by atoms with van der Waals surface area (Å²) in [5.74, 6) is -0.367. The maximum atomic E-state index is 11.8. The lowest BCUT2D eigenvalue weighted by molar-refractivity contribution is -0.0760. The summed E-state index contributed by atoms with van der Waals surface area (Å²) in [5.41, 5.74) is 1.15. The molecule has 1 amide bonds. The van der Waals surface area contributed by atoms with Gasteiger partial charge in [0, 0.05) is 19.8 Å². The molecule has 5 nitrogen and oxygen atoms in total. The zero-order valence-corrected chi connectivity index (χ0v) is 11.2. The summed E-state index contributed by atoms with van der Waals surface area (Å²) in [4.78, 5) is 22.6. The van der Waals surface area contributed by atoms with Crippen molar-refractivity contribution in [3.05, 3.63) is 28.5 Å². The summed E-state index contributed by atoms with van der Waals surface area (Å²) in [6, 6.07) is 1.74. The Morgan fingerprint density at radius 1 is 1.47 bits per heavy atom. The molecule has 0 N–H and O–H groups in total. The minimum absolute atomic E-state index is 0.193. The van der Waals surface area contributed by atoms with E-state index in [4.69, 9.17) is 16.4 Å². The maximum Gasteiger partial charge on any atom is 0.297 e. The van der Waals surface area contributed by atoms with Gasteiger partial charge in [0.1, 0.15) is 5.69 Å². The van der Waals surface area contributed by atoms with Gasteiger partial charge in [-0.15, -0.1) is 0 Å². The van der Waals surface area contributed by atoms with Gasteiger partial charge in [0.15, 0.2) is 0 Å². The third-order valence-corrected chi connectivity index (χ3v) is 2.45. The fourth-order valence-corrected chi connectivity index (χ4v) is 1.59. The van der Waals surface area contributed by atoms with Gasteiger partial charge in [-0.3, -0.25) is 9.63 Å².